The summed E-state index contributed by atoms with van der Waals surface area (Å²) in [5.74, 6) is 3.88. The average molecular weight is 968 g/mol. The SMILES string of the molecule is Cc1cc(F)cc(Oc2nc(Br)nn2C)c1.Cc1cc(F)cc(Oc2nc(CC3C4CCC3CN(c3cnnc(Cl)c3)C4)nn2C)c1.NC1C2CCC1CN(c1cnnc(Cl)c1)C2. The zero-order valence-corrected chi connectivity index (χ0v) is 38.3. The minimum absolute atomic E-state index is 0.303. The van der Waals surface area contributed by atoms with Gasteiger partial charge < -0.3 is 25.0 Å². The van der Waals surface area contributed by atoms with E-state index in [4.69, 9.17) is 38.4 Å². The fourth-order valence-electron chi connectivity index (χ4n) is 9.33. The highest BCUT2D eigenvalue weighted by Crippen LogP contribution is 2.45. The van der Waals surface area contributed by atoms with Gasteiger partial charge in [0.2, 0.25) is 4.73 Å². The molecule has 2 N–H and O–H groups in total. The molecule has 2 aliphatic carbocycles. The van der Waals surface area contributed by atoms with Gasteiger partial charge in [-0.15, -0.1) is 15.3 Å². The molecule has 63 heavy (non-hydrogen) atoms. The number of aryl methyl sites for hydroxylation is 4. The summed E-state index contributed by atoms with van der Waals surface area (Å²) in [4.78, 5) is 13.3. The molecule has 6 aromatic rings. The lowest BCUT2D eigenvalue weighted by Crippen LogP contribution is -2.48. The number of halogens is 5. The minimum Gasteiger partial charge on any atom is -0.424 e. The van der Waals surface area contributed by atoms with Crippen LogP contribution >= 0.6 is 39.1 Å². The molecular formula is C43H48BrCl2F2N13O2. The van der Waals surface area contributed by atoms with Crippen LogP contribution in [0.25, 0.3) is 0 Å². The van der Waals surface area contributed by atoms with E-state index in [9.17, 15) is 8.78 Å². The van der Waals surface area contributed by atoms with Crippen LogP contribution in [0.4, 0.5) is 20.2 Å². The van der Waals surface area contributed by atoms with Crippen molar-refractivity contribution in [3.63, 3.8) is 0 Å². The molecule has 10 rings (SSSR count). The molecule has 4 unspecified atom stereocenters. The molecule has 4 fully saturated rings. The summed E-state index contributed by atoms with van der Waals surface area (Å²) >= 11 is 15.0. The van der Waals surface area contributed by atoms with Crippen LogP contribution in [0, 0.1) is 55.1 Å². The predicted molar refractivity (Wildman–Crippen MR) is 238 cm³/mol. The number of benzene rings is 2. The Morgan fingerprint density at radius 2 is 1.13 bits per heavy atom. The lowest BCUT2D eigenvalue weighted by atomic mass is 9.82. The van der Waals surface area contributed by atoms with Crippen molar-refractivity contribution in [1.29, 1.82) is 0 Å². The van der Waals surface area contributed by atoms with Crippen molar-refractivity contribution in [3.8, 4) is 23.5 Å². The van der Waals surface area contributed by atoms with Crippen molar-refractivity contribution in [2.45, 2.75) is 52.0 Å². The molecule has 2 aromatic carbocycles. The maximum Gasteiger partial charge on any atom is 0.321 e. The van der Waals surface area contributed by atoms with E-state index in [0.29, 0.717) is 74.2 Å². The Kier molecular flexibility index (Phi) is 13.7. The fourth-order valence-corrected chi connectivity index (χ4v) is 10.0. The Morgan fingerprint density at radius 3 is 1.59 bits per heavy atom. The van der Waals surface area contributed by atoms with Gasteiger partial charge in [-0.25, -0.2) is 18.1 Å². The molecule has 4 bridgehead atoms. The van der Waals surface area contributed by atoms with E-state index >= 15 is 0 Å². The number of hydrogen-bond acceptors (Lipinski definition) is 13. The first-order valence-corrected chi connectivity index (χ1v) is 22.4. The molecule has 0 amide bonds. The van der Waals surface area contributed by atoms with Crippen LogP contribution in [-0.2, 0) is 20.5 Å². The quantitative estimate of drug-likeness (QED) is 0.155. The molecule has 2 saturated heterocycles. The predicted octanol–water partition coefficient (Wildman–Crippen LogP) is 8.32. The van der Waals surface area contributed by atoms with Crippen molar-refractivity contribution in [1.82, 2.24) is 49.9 Å². The van der Waals surface area contributed by atoms with Crippen molar-refractivity contribution >= 4 is 50.5 Å². The van der Waals surface area contributed by atoms with Crippen LogP contribution < -0.4 is 25.0 Å². The van der Waals surface area contributed by atoms with E-state index in [-0.39, 0.29) is 11.6 Å². The van der Waals surface area contributed by atoms with Crippen molar-refractivity contribution in [2.24, 2.45) is 49.4 Å². The monoisotopic (exact) mass is 965 g/mol. The van der Waals surface area contributed by atoms with Crippen molar-refractivity contribution in [3.05, 3.63) is 105 Å². The summed E-state index contributed by atoms with van der Waals surface area (Å²) in [7, 11) is 3.49. The van der Waals surface area contributed by atoms with Crippen molar-refractivity contribution < 1.29 is 18.3 Å². The van der Waals surface area contributed by atoms with Gasteiger partial charge in [0.15, 0.2) is 16.1 Å². The number of rotatable bonds is 8. The lowest BCUT2D eigenvalue weighted by Gasteiger charge is -2.38. The summed E-state index contributed by atoms with van der Waals surface area (Å²) in [5, 5.41) is 24.9. The second-order valence-corrected chi connectivity index (χ2v) is 18.3. The molecular weight excluding hydrogens is 919 g/mol. The first-order chi connectivity index (χ1) is 30.2. The van der Waals surface area contributed by atoms with Gasteiger partial charge in [-0.2, -0.15) is 25.3 Å². The highest BCUT2D eigenvalue weighted by Gasteiger charge is 2.43. The van der Waals surface area contributed by atoms with Crippen LogP contribution in [0.15, 0.2) is 65.7 Å². The average Bonchev–Trinajstić information content (AvgIpc) is 3.85. The summed E-state index contributed by atoms with van der Waals surface area (Å²) < 4.78 is 41.5. The van der Waals surface area contributed by atoms with Crippen molar-refractivity contribution in [2.75, 3.05) is 36.0 Å². The normalized spacial score (nSPS) is 22.3. The van der Waals surface area contributed by atoms with Gasteiger partial charge in [0, 0.05) is 77.0 Å². The molecule has 0 spiro atoms. The van der Waals surface area contributed by atoms with E-state index in [1.54, 1.807) is 50.2 Å². The molecule has 0 radical (unpaired) electrons. The first kappa shape index (κ1) is 44.6. The third-order valence-electron chi connectivity index (χ3n) is 12.2. The second-order valence-electron chi connectivity index (χ2n) is 16.8. The van der Waals surface area contributed by atoms with Gasteiger partial charge in [-0.3, -0.25) is 0 Å². The summed E-state index contributed by atoms with van der Waals surface area (Å²) in [6.45, 7) is 7.63. The number of nitrogens with zero attached hydrogens (tertiary/aromatic N) is 12. The largest absolute Gasteiger partial charge is 0.424 e. The number of ether oxygens (including phenoxy) is 2. The Labute approximate surface area is 382 Å². The van der Waals surface area contributed by atoms with Gasteiger partial charge in [0.1, 0.15) is 23.1 Å². The molecule has 4 atom stereocenters. The molecule has 6 heterocycles. The van der Waals surface area contributed by atoms with Gasteiger partial charge in [-0.1, -0.05) is 23.2 Å². The van der Waals surface area contributed by atoms with Crippen LogP contribution in [0.2, 0.25) is 10.3 Å². The second kappa shape index (κ2) is 19.4. The summed E-state index contributed by atoms with van der Waals surface area (Å²) in [6, 6.07) is 13.9. The first-order valence-electron chi connectivity index (χ1n) is 20.8. The van der Waals surface area contributed by atoms with Crippen LogP contribution in [-0.4, -0.2) is 82.1 Å². The zero-order chi connectivity index (χ0) is 44.4. The van der Waals surface area contributed by atoms with E-state index in [1.165, 1.54) is 54.6 Å². The van der Waals surface area contributed by atoms with Gasteiger partial charge in [-0.05, 0) is 120 Å². The van der Waals surface area contributed by atoms with E-state index in [2.05, 4.69) is 66.3 Å². The Hall–Kier alpha value is -5.04. The Balaban J connectivity index is 0.000000143. The third kappa shape index (κ3) is 11.0. The molecule has 4 aliphatic rings. The van der Waals surface area contributed by atoms with Gasteiger partial charge in [0.25, 0.3) is 0 Å². The van der Waals surface area contributed by atoms with Crippen LogP contribution in [0.3, 0.4) is 0 Å². The smallest absolute Gasteiger partial charge is 0.321 e. The maximum atomic E-state index is 13.7. The van der Waals surface area contributed by atoms with Crippen LogP contribution in [0.5, 0.6) is 23.5 Å². The molecule has 4 aromatic heterocycles. The number of hydrogen-bond donors (Lipinski definition) is 1. The minimum atomic E-state index is -0.337. The Morgan fingerprint density at radius 1 is 0.667 bits per heavy atom. The van der Waals surface area contributed by atoms with E-state index in [0.717, 1.165) is 60.9 Å². The van der Waals surface area contributed by atoms with E-state index in [1.807, 2.05) is 19.1 Å². The molecule has 2 saturated carbocycles. The number of anilines is 2. The maximum absolute atomic E-state index is 13.7. The highest BCUT2D eigenvalue weighted by molar-refractivity contribution is 9.10. The Bertz CT molecular complexity index is 2480. The standard InChI is InChI=1S/C22H24ClFN6O.C11H15ClN4.C10H9BrFN3O/c1-13-5-16(24)7-18(6-13)31-22-26-21(28-29(22)2)9-19-14-3-4-15(19)12-30(11-14)17-8-20(23)27-25-10-17;12-10-3-9(4-14-15-10)16-5-7-1-2-8(6-16)11(7)13;1-6-3-7(12)5-8(4-6)16-10-13-9(11)14-15(10)2/h5-8,10,14-15,19H,3-4,9,11-12H2,1-2H3;3-4,7-8,11H,1-2,5-6,13H2;3-5H,1-2H3. The van der Waals surface area contributed by atoms with Gasteiger partial charge >= 0.3 is 12.0 Å². The number of piperidine rings is 2. The summed E-state index contributed by atoms with van der Waals surface area (Å²) in [5.41, 5.74) is 9.87. The third-order valence-corrected chi connectivity index (χ3v) is 12.9. The number of aromatic nitrogens is 10. The lowest BCUT2D eigenvalue weighted by molar-refractivity contribution is 0.265. The molecule has 332 valence electrons. The zero-order valence-electron chi connectivity index (χ0n) is 35.3. The topological polar surface area (TPSA) is 164 Å². The fraction of sp³-hybridized carbons (Fsp3) is 0.442. The number of fused-ring (bicyclic) bond motifs is 4. The van der Waals surface area contributed by atoms with Crippen LogP contribution in [0.1, 0.15) is 42.6 Å². The molecule has 20 heteroatoms. The number of nitrogens with two attached hydrogens (primary N) is 1. The molecule has 2 aliphatic heterocycles. The highest BCUT2D eigenvalue weighted by atomic mass is 79.9. The summed E-state index contributed by atoms with van der Waals surface area (Å²) in [6.07, 6.45) is 9.31. The molecule has 15 nitrogen and oxygen atoms in total. The van der Waals surface area contributed by atoms with Gasteiger partial charge in [0.05, 0.1) is 23.8 Å². The van der Waals surface area contributed by atoms with E-state index < -0.39 is 0 Å².